The second-order valence-electron chi connectivity index (χ2n) is 4.43. The zero-order valence-corrected chi connectivity index (χ0v) is 10.8. The standard InChI is InChI=1S/C15H13N5/c16-6-8-19-9-7-17-15(19)10-13-11-18-20(12-13)14-4-2-1-3-5-14/h1-5,7,9,11-12H,8,10H2. The van der Waals surface area contributed by atoms with E-state index in [1.807, 2.05) is 58.2 Å². The highest BCUT2D eigenvalue weighted by Crippen LogP contribution is 2.11. The number of hydrogen-bond acceptors (Lipinski definition) is 3. The average Bonchev–Trinajstić information content (AvgIpc) is 3.11. The molecule has 0 aliphatic rings. The molecular weight excluding hydrogens is 250 g/mol. The van der Waals surface area contributed by atoms with Crippen LogP contribution in [0, 0.1) is 11.3 Å². The van der Waals surface area contributed by atoms with Gasteiger partial charge >= 0.3 is 0 Å². The molecule has 0 unspecified atom stereocenters. The summed E-state index contributed by atoms with van der Waals surface area (Å²) in [6.07, 6.45) is 8.02. The third-order valence-corrected chi connectivity index (χ3v) is 3.06. The summed E-state index contributed by atoms with van der Waals surface area (Å²) in [5, 5.41) is 13.1. The van der Waals surface area contributed by atoms with E-state index in [1.165, 1.54) is 0 Å². The Morgan fingerprint density at radius 3 is 2.85 bits per heavy atom. The van der Waals surface area contributed by atoms with Crippen molar-refractivity contribution < 1.29 is 0 Å². The summed E-state index contributed by atoms with van der Waals surface area (Å²) in [5.74, 6) is 0.874. The maximum Gasteiger partial charge on any atom is 0.114 e. The van der Waals surface area contributed by atoms with E-state index in [0.717, 1.165) is 17.1 Å². The fraction of sp³-hybridized carbons (Fsp3) is 0.133. The van der Waals surface area contributed by atoms with Gasteiger partial charge in [-0.2, -0.15) is 10.4 Å². The lowest BCUT2D eigenvalue weighted by atomic mass is 10.2. The number of nitriles is 1. The van der Waals surface area contributed by atoms with E-state index in [0.29, 0.717) is 13.0 Å². The Bertz CT molecular complexity index is 733. The summed E-state index contributed by atoms with van der Waals surface area (Å²) >= 11 is 0. The van der Waals surface area contributed by atoms with Crippen LogP contribution < -0.4 is 0 Å². The highest BCUT2D eigenvalue weighted by molar-refractivity contribution is 5.31. The molecule has 20 heavy (non-hydrogen) atoms. The predicted octanol–water partition coefficient (Wildman–Crippen LogP) is 2.18. The highest BCUT2D eigenvalue weighted by atomic mass is 15.3. The minimum absolute atomic E-state index is 0.322. The molecule has 3 aromatic rings. The van der Waals surface area contributed by atoms with Crippen LogP contribution in [0.5, 0.6) is 0 Å². The van der Waals surface area contributed by atoms with E-state index < -0.39 is 0 Å². The molecule has 5 nitrogen and oxygen atoms in total. The second-order valence-corrected chi connectivity index (χ2v) is 4.43. The molecule has 98 valence electrons. The van der Waals surface area contributed by atoms with Crippen molar-refractivity contribution in [2.24, 2.45) is 0 Å². The van der Waals surface area contributed by atoms with E-state index in [2.05, 4.69) is 16.2 Å². The van der Waals surface area contributed by atoms with Gasteiger partial charge < -0.3 is 4.57 Å². The van der Waals surface area contributed by atoms with E-state index in [-0.39, 0.29) is 0 Å². The first-order valence-electron chi connectivity index (χ1n) is 6.33. The molecule has 0 saturated heterocycles. The molecule has 3 rings (SSSR count). The summed E-state index contributed by atoms with van der Waals surface area (Å²) in [6.45, 7) is 0.322. The van der Waals surface area contributed by atoms with Crippen LogP contribution >= 0.6 is 0 Å². The Balaban J connectivity index is 1.81. The van der Waals surface area contributed by atoms with Gasteiger partial charge in [-0.1, -0.05) is 18.2 Å². The molecular formula is C15H13N5. The Hall–Kier alpha value is -2.87. The topological polar surface area (TPSA) is 59.4 Å². The Morgan fingerprint density at radius 1 is 1.20 bits per heavy atom. The number of imidazole rings is 1. The lowest BCUT2D eigenvalue weighted by Crippen LogP contribution is -2.02. The second kappa shape index (κ2) is 5.41. The first-order chi connectivity index (χ1) is 9.86. The Kier molecular flexibility index (Phi) is 3.29. The summed E-state index contributed by atoms with van der Waals surface area (Å²) in [4.78, 5) is 4.29. The van der Waals surface area contributed by atoms with Crippen LogP contribution in [0.1, 0.15) is 11.4 Å². The van der Waals surface area contributed by atoms with Gasteiger partial charge in [0.05, 0.1) is 18.0 Å². The highest BCUT2D eigenvalue weighted by Gasteiger charge is 2.06. The molecule has 2 heterocycles. The zero-order chi connectivity index (χ0) is 13.8. The van der Waals surface area contributed by atoms with Crippen LogP contribution in [0.15, 0.2) is 55.1 Å². The number of aromatic nitrogens is 4. The summed E-state index contributed by atoms with van der Waals surface area (Å²) in [5.41, 5.74) is 2.10. The van der Waals surface area contributed by atoms with E-state index in [9.17, 15) is 0 Å². The predicted molar refractivity (Wildman–Crippen MR) is 74.2 cm³/mol. The van der Waals surface area contributed by atoms with Crippen molar-refractivity contribution >= 4 is 0 Å². The quantitative estimate of drug-likeness (QED) is 0.725. The maximum atomic E-state index is 8.77. The van der Waals surface area contributed by atoms with Gasteiger partial charge in [-0.3, -0.25) is 0 Å². The molecule has 0 saturated carbocycles. The summed E-state index contributed by atoms with van der Waals surface area (Å²) in [7, 11) is 0. The van der Waals surface area contributed by atoms with Gasteiger partial charge in [0.1, 0.15) is 12.4 Å². The third kappa shape index (κ3) is 2.45. The number of para-hydroxylation sites is 1. The molecule has 0 fully saturated rings. The minimum Gasteiger partial charge on any atom is -0.321 e. The van der Waals surface area contributed by atoms with Crippen molar-refractivity contribution in [3.05, 3.63) is 66.5 Å². The molecule has 0 atom stereocenters. The van der Waals surface area contributed by atoms with E-state index in [1.54, 1.807) is 6.20 Å². The summed E-state index contributed by atoms with van der Waals surface area (Å²) < 4.78 is 3.69. The smallest absolute Gasteiger partial charge is 0.114 e. The molecule has 0 aliphatic carbocycles. The van der Waals surface area contributed by atoms with E-state index >= 15 is 0 Å². The zero-order valence-electron chi connectivity index (χ0n) is 10.8. The number of hydrogen-bond donors (Lipinski definition) is 0. The first kappa shape index (κ1) is 12.2. The SMILES string of the molecule is N#CCn1ccnc1Cc1cnn(-c2ccccc2)c1. The molecule has 5 heteroatoms. The van der Waals surface area contributed by atoms with Crippen LogP contribution in [-0.2, 0) is 13.0 Å². The monoisotopic (exact) mass is 263 g/mol. The van der Waals surface area contributed by atoms with Crippen LogP contribution in [0.3, 0.4) is 0 Å². The molecule has 0 aliphatic heterocycles. The number of rotatable bonds is 4. The van der Waals surface area contributed by atoms with Gasteiger partial charge in [-0.15, -0.1) is 0 Å². The molecule has 0 amide bonds. The van der Waals surface area contributed by atoms with Crippen LogP contribution in [-0.4, -0.2) is 19.3 Å². The van der Waals surface area contributed by atoms with Gasteiger partial charge in [0.2, 0.25) is 0 Å². The molecule has 0 bridgehead atoms. The van der Waals surface area contributed by atoms with Crippen molar-refractivity contribution in [2.75, 3.05) is 0 Å². The Labute approximate surface area is 116 Å². The fourth-order valence-electron chi connectivity index (χ4n) is 2.08. The molecule has 0 N–H and O–H groups in total. The molecule has 0 spiro atoms. The lowest BCUT2D eigenvalue weighted by Gasteiger charge is -2.01. The minimum atomic E-state index is 0.322. The van der Waals surface area contributed by atoms with Crippen molar-refractivity contribution in [2.45, 2.75) is 13.0 Å². The Morgan fingerprint density at radius 2 is 2.05 bits per heavy atom. The van der Waals surface area contributed by atoms with Gasteiger partial charge in [0.15, 0.2) is 0 Å². The van der Waals surface area contributed by atoms with Gasteiger partial charge in [-0.25, -0.2) is 9.67 Å². The van der Waals surface area contributed by atoms with Gasteiger partial charge in [0, 0.05) is 25.0 Å². The fourth-order valence-corrected chi connectivity index (χ4v) is 2.08. The van der Waals surface area contributed by atoms with Crippen LogP contribution in [0.25, 0.3) is 5.69 Å². The number of nitrogens with zero attached hydrogens (tertiary/aromatic N) is 5. The van der Waals surface area contributed by atoms with Gasteiger partial charge in [-0.05, 0) is 17.7 Å². The number of benzene rings is 1. The van der Waals surface area contributed by atoms with Gasteiger partial charge in [0.25, 0.3) is 0 Å². The first-order valence-corrected chi connectivity index (χ1v) is 6.33. The molecule has 2 aromatic heterocycles. The van der Waals surface area contributed by atoms with Crippen molar-refractivity contribution in [1.82, 2.24) is 19.3 Å². The van der Waals surface area contributed by atoms with Crippen LogP contribution in [0.4, 0.5) is 0 Å². The summed E-state index contributed by atoms with van der Waals surface area (Å²) in [6, 6.07) is 12.1. The van der Waals surface area contributed by atoms with Crippen LogP contribution in [0.2, 0.25) is 0 Å². The van der Waals surface area contributed by atoms with Crippen molar-refractivity contribution in [1.29, 1.82) is 5.26 Å². The maximum absolute atomic E-state index is 8.77. The molecule has 0 radical (unpaired) electrons. The average molecular weight is 263 g/mol. The molecule has 1 aromatic carbocycles. The normalized spacial score (nSPS) is 10.3. The largest absolute Gasteiger partial charge is 0.321 e. The lowest BCUT2D eigenvalue weighted by molar-refractivity contribution is 0.764. The van der Waals surface area contributed by atoms with E-state index in [4.69, 9.17) is 5.26 Å². The third-order valence-electron chi connectivity index (χ3n) is 3.06. The van der Waals surface area contributed by atoms with Crippen molar-refractivity contribution in [3.8, 4) is 11.8 Å². The van der Waals surface area contributed by atoms with Crippen molar-refractivity contribution in [3.63, 3.8) is 0 Å².